The van der Waals surface area contributed by atoms with Gasteiger partial charge in [0.05, 0.1) is 11.1 Å². The van der Waals surface area contributed by atoms with Crippen LogP contribution < -0.4 is 5.32 Å². The van der Waals surface area contributed by atoms with E-state index < -0.39 is 11.4 Å². The first-order chi connectivity index (χ1) is 15.4. The molecule has 9 heteroatoms. The predicted octanol–water partition coefficient (Wildman–Crippen LogP) is 2.01. The molecule has 2 saturated carbocycles. The number of nitrogens with zero attached hydrogens (tertiary/aromatic N) is 4. The number of hydrogen-bond donors (Lipinski definition) is 2. The van der Waals surface area contributed by atoms with Crippen LogP contribution in [-0.2, 0) is 27.3 Å². The number of amides is 2. The fourth-order valence-electron chi connectivity index (χ4n) is 5.15. The molecule has 0 aromatic carbocycles. The summed E-state index contributed by atoms with van der Waals surface area (Å²) in [6.07, 6.45) is 11.1. The molecule has 1 saturated heterocycles. The highest BCUT2D eigenvalue weighted by Gasteiger charge is 2.44. The summed E-state index contributed by atoms with van der Waals surface area (Å²) in [6, 6.07) is 0. The summed E-state index contributed by atoms with van der Waals surface area (Å²) in [6.45, 7) is 2.11. The van der Waals surface area contributed by atoms with Crippen molar-refractivity contribution in [3.8, 4) is 0 Å². The van der Waals surface area contributed by atoms with Gasteiger partial charge >= 0.3 is 5.97 Å². The highest BCUT2D eigenvalue weighted by molar-refractivity contribution is 5.81. The van der Waals surface area contributed by atoms with Crippen LogP contribution in [0.25, 0.3) is 0 Å². The average Bonchev–Trinajstić information content (AvgIpc) is 3.35. The summed E-state index contributed by atoms with van der Waals surface area (Å²) in [5.41, 5.74) is -0.343. The first kappa shape index (κ1) is 22.7. The van der Waals surface area contributed by atoms with E-state index in [0.717, 1.165) is 19.4 Å². The molecule has 0 bridgehead atoms. The van der Waals surface area contributed by atoms with Crippen LogP contribution in [0.5, 0.6) is 0 Å². The van der Waals surface area contributed by atoms with Gasteiger partial charge in [-0.25, -0.2) is 0 Å². The minimum atomic E-state index is -1.03. The second-order valence-corrected chi connectivity index (χ2v) is 9.93. The lowest BCUT2D eigenvalue weighted by Gasteiger charge is -2.39. The number of carboxylic acids is 1. The van der Waals surface area contributed by atoms with Crippen LogP contribution in [0.15, 0.2) is 6.20 Å². The SMILES string of the molecule is O=C(NCCCC(=O)N1CCCC(Cc2cn(CC3CCCC3)nn2)(C(=O)O)C1)C1CC1. The molecule has 1 atom stereocenters. The third-order valence-electron chi connectivity index (χ3n) is 7.22. The van der Waals surface area contributed by atoms with Gasteiger partial charge in [-0.15, -0.1) is 5.10 Å². The summed E-state index contributed by atoms with van der Waals surface area (Å²) in [7, 11) is 0. The maximum absolute atomic E-state index is 12.7. The van der Waals surface area contributed by atoms with Gasteiger partial charge in [-0.1, -0.05) is 18.1 Å². The maximum Gasteiger partial charge on any atom is 0.311 e. The van der Waals surface area contributed by atoms with Crippen molar-refractivity contribution >= 4 is 17.8 Å². The smallest absolute Gasteiger partial charge is 0.311 e. The van der Waals surface area contributed by atoms with Crippen LogP contribution in [0.3, 0.4) is 0 Å². The molecule has 3 aliphatic rings. The predicted molar refractivity (Wildman–Crippen MR) is 117 cm³/mol. The number of aromatic nitrogens is 3. The summed E-state index contributed by atoms with van der Waals surface area (Å²) < 4.78 is 1.85. The van der Waals surface area contributed by atoms with Gasteiger partial charge < -0.3 is 15.3 Å². The van der Waals surface area contributed by atoms with E-state index in [2.05, 4.69) is 15.6 Å². The number of hydrogen-bond acceptors (Lipinski definition) is 5. The van der Waals surface area contributed by atoms with E-state index in [9.17, 15) is 19.5 Å². The molecular weight excluding hydrogens is 410 g/mol. The Kier molecular flexibility index (Phi) is 7.10. The van der Waals surface area contributed by atoms with Crippen molar-refractivity contribution in [2.24, 2.45) is 17.3 Å². The van der Waals surface area contributed by atoms with E-state index in [-0.39, 0.29) is 30.7 Å². The minimum absolute atomic E-state index is 0.0408. The fraction of sp³-hybridized carbons (Fsp3) is 0.783. The lowest BCUT2D eigenvalue weighted by molar-refractivity contribution is -0.155. The summed E-state index contributed by atoms with van der Waals surface area (Å²) in [5.74, 6) is -0.0332. The number of piperidine rings is 1. The third kappa shape index (κ3) is 5.66. The molecule has 1 aromatic heterocycles. The van der Waals surface area contributed by atoms with Crippen molar-refractivity contribution in [2.75, 3.05) is 19.6 Å². The molecule has 2 N–H and O–H groups in total. The zero-order valence-corrected chi connectivity index (χ0v) is 18.8. The Balaban J connectivity index is 1.30. The lowest BCUT2D eigenvalue weighted by Crippen LogP contribution is -2.51. The van der Waals surface area contributed by atoms with Crippen molar-refractivity contribution in [1.82, 2.24) is 25.2 Å². The third-order valence-corrected chi connectivity index (χ3v) is 7.22. The molecule has 2 amide bonds. The van der Waals surface area contributed by atoms with Crippen molar-refractivity contribution in [3.63, 3.8) is 0 Å². The number of carbonyl (C=O) groups is 3. The molecular formula is C23H35N5O4. The number of likely N-dealkylation sites (tertiary alicyclic amines) is 1. The normalized spacial score (nSPS) is 23.9. The molecule has 9 nitrogen and oxygen atoms in total. The monoisotopic (exact) mass is 445 g/mol. The van der Waals surface area contributed by atoms with Crippen LogP contribution in [0.4, 0.5) is 0 Å². The van der Waals surface area contributed by atoms with E-state index in [1.54, 1.807) is 4.90 Å². The van der Waals surface area contributed by atoms with Gasteiger partial charge in [0.15, 0.2) is 0 Å². The second kappa shape index (κ2) is 10.0. The molecule has 3 fully saturated rings. The van der Waals surface area contributed by atoms with Gasteiger partial charge in [0, 0.05) is 51.1 Å². The summed E-state index contributed by atoms with van der Waals surface area (Å²) >= 11 is 0. The Morgan fingerprint density at radius 2 is 1.94 bits per heavy atom. The molecule has 2 aliphatic carbocycles. The Hall–Kier alpha value is -2.45. The molecule has 0 radical (unpaired) electrons. The van der Waals surface area contributed by atoms with Crippen molar-refractivity contribution in [3.05, 3.63) is 11.9 Å². The van der Waals surface area contributed by atoms with E-state index in [1.807, 2.05) is 10.9 Å². The average molecular weight is 446 g/mol. The van der Waals surface area contributed by atoms with Crippen LogP contribution in [0.1, 0.15) is 69.9 Å². The number of nitrogens with one attached hydrogen (secondary N) is 1. The Labute approximate surface area is 188 Å². The van der Waals surface area contributed by atoms with Crippen molar-refractivity contribution in [1.29, 1.82) is 0 Å². The molecule has 4 rings (SSSR count). The van der Waals surface area contributed by atoms with Gasteiger partial charge in [-0.05, 0) is 50.9 Å². The number of carbonyl (C=O) groups excluding carboxylic acids is 2. The Bertz CT molecular complexity index is 830. The van der Waals surface area contributed by atoms with Gasteiger partial charge in [0.1, 0.15) is 0 Å². The Morgan fingerprint density at radius 3 is 2.66 bits per heavy atom. The van der Waals surface area contributed by atoms with Crippen molar-refractivity contribution in [2.45, 2.75) is 77.2 Å². The molecule has 176 valence electrons. The lowest BCUT2D eigenvalue weighted by atomic mass is 9.76. The number of rotatable bonds is 10. The largest absolute Gasteiger partial charge is 0.481 e. The number of aliphatic carboxylic acids is 1. The van der Waals surface area contributed by atoms with Crippen LogP contribution in [0.2, 0.25) is 0 Å². The quantitative estimate of drug-likeness (QED) is 0.532. The Morgan fingerprint density at radius 1 is 1.16 bits per heavy atom. The summed E-state index contributed by atoms with van der Waals surface area (Å²) in [5, 5.41) is 21.4. The van der Waals surface area contributed by atoms with Crippen molar-refractivity contribution < 1.29 is 19.5 Å². The van der Waals surface area contributed by atoms with Gasteiger partial charge in [0.2, 0.25) is 11.8 Å². The minimum Gasteiger partial charge on any atom is -0.481 e. The van der Waals surface area contributed by atoms with Gasteiger partial charge in [-0.3, -0.25) is 19.1 Å². The zero-order chi connectivity index (χ0) is 22.6. The molecule has 1 aliphatic heterocycles. The van der Waals surface area contributed by atoms with E-state index in [1.165, 1.54) is 25.7 Å². The first-order valence-corrected chi connectivity index (χ1v) is 12.1. The van der Waals surface area contributed by atoms with E-state index in [0.29, 0.717) is 50.4 Å². The molecule has 2 heterocycles. The zero-order valence-electron chi connectivity index (χ0n) is 18.8. The standard InChI is InChI=1S/C23H35N5O4/c29-20(7-3-11-24-21(30)18-8-9-18)27-12-4-10-23(16-27,22(31)32)13-19-15-28(26-25-19)14-17-5-1-2-6-17/h15,17-18H,1-14,16H2,(H,24,30)(H,31,32). The van der Waals surface area contributed by atoms with Gasteiger partial charge in [0.25, 0.3) is 0 Å². The van der Waals surface area contributed by atoms with E-state index >= 15 is 0 Å². The molecule has 0 spiro atoms. The fourth-order valence-corrected chi connectivity index (χ4v) is 5.15. The molecule has 1 aromatic rings. The topological polar surface area (TPSA) is 117 Å². The van der Waals surface area contributed by atoms with E-state index in [4.69, 9.17) is 0 Å². The molecule has 1 unspecified atom stereocenters. The van der Waals surface area contributed by atoms with Crippen LogP contribution in [-0.4, -0.2) is 62.4 Å². The second-order valence-electron chi connectivity index (χ2n) is 9.93. The van der Waals surface area contributed by atoms with Crippen LogP contribution in [0, 0.1) is 17.3 Å². The van der Waals surface area contributed by atoms with Gasteiger partial charge in [-0.2, -0.15) is 0 Å². The summed E-state index contributed by atoms with van der Waals surface area (Å²) in [4.78, 5) is 38.4. The maximum atomic E-state index is 12.7. The highest BCUT2D eigenvalue weighted by atomic mass is 16.4. The van der Waals surface area contributed by atoms with Crippen LogP contribution >= 0.6 is 0 Å². The highest BCUT2D eigenvalue weighted by Crippen LogP contribution is 2.34. The molecule has 32 heavy (non-hydrogen) atoms. The number of carboxylic acid groups (broad SMARTS) is 1. The first-order valence-electron chi connectivity index (χ1n) is 12.1.